The predicted molar refractivity (Wildman–Crippen MR) is 71.8 cm³/mol. The van der Waals surface area contributed by atoms with E-state index in [0.29, 0.717) is 5.88 Å². The number of aromatic nitrogens is 1. The Balaban J connectivity index is 2.28. The van der Waals surface area contributed by atoms with Crippen molar-refractivity contribution in [1.82, 2.24) is 4.98 Å². The van der Waals surface area contributed by atoms with E-state index in [9.17, 15) is 0 Å². The van der Waals surface area contributed by atoms with Gasteiger partial charge in [0.1, 0.15) is 11.6 Å². The van der Waals surface area contributed by atoms with E-state index >= 15 is 0 Å². The van der Waals surface area contributed by atoms with Gasteiger partial charge in [-0.05, 0) is 25.1 Å². The van der Waals surface area contributed by atoms with Crippen LogP contribution in [0.2, 0.25) is 0 Å². The van der Waals surface area contributed by atoms with Gasteiger partial charge in [0.15, 0.2) is 0 Å². The molecule has 0 spiro atoms. The molecule has 1 N–H and O–H groups in total. The van der Waals surface area contributed by atoms with Crippen molar-refractivity contribution in [2.75, 3.05) is 19.5 Å². The minimum absolute atomic E-state index is 0.584. The number of nitrogens with one attached hydrogen (secondary N) is 1. The van der Waals surface area contributed by atoms with Crippen molar-refractivity contribution in [3.05, 3.63) is 42.0 Å². The Labute approximate surface area is 107 Å². The minimum atomic E-state index is 0.584. The molecule has 1 aromatic heterocycles. The zero-order valence-electron chi connectivity index (χ0n) is 10.7. The van der Waals surface area contributed by atoms with E-state index < -0.39 is 0 Å². The van der Waals surface area contributed by atoms with Crippen LogP contribution in [0.4, 0.5) is 11.5 Å². The molecular formula is C14H16N2O2. The highest BCUT2D eigenvalue weighted by atomic mass is 16.5. The lowest BCUT2D eigenvalue weighted by Gasteiger charge is -2.12. The molecule has 0 radical (unpaired) electrons. The van der Waals surface area contributed by atoms with Crippen LogP contribution >= 0.6 is 0 Å². The van der Waals surface area contributed by atoms with Crippen LogP contribution in [0.1, 0.15) is 5.56 Å². The summed E-state index contributed by atoms with van der Waals surface area (Å²) in [6.07, 6.45) is 0. The maximum absolute atomic E-state index is 5.28. The SMILES string of the molecule is COc1cccc(Nc2cccc(OC)c2C)n1. The molecule has 0 saturated heterocycles. The fourth-order valence-corrected chi connectivity index (χ4v) is 1.71. The van der Waals surface area contributed by atoms with E-state index in [1.54, 1.807) is 14.2 Å². The topological polar surface area (TPSA) is 43.4 Å². The molecule has 4 nitrogen and oxygen atoms in total. The van der Waals surface area contributed by atoms with Crippen molar-refractivity contribution in [1.29, 1.82) is 0 Å². The second kappa shape index (κ2) is 5.40. The molecule has 1 heterocycles. The molecule has 0 aliphatic heterocycles. The van der Waals surface area contributed by atoms with Crippen LogP contribution in [0.15, 0.2) is 36.4 Å². The van der Waals surface area contributed by atoms with Crippen LogP contribution < -0.4 is 14.8 Å². The molecule has 0 bridgehead atoms. The van der Waals surface area contributed by atoms with E-state index in [-0.39, 0.29) is 0 Å². The second-order valence-corrected chi connectivity index (χ2v) is 3.82. The molecule has 1 aromatic carbocycles. The Morgan fingerprint density at radius 3 is 2.50 bits per heavy atom. The van der Waals surface area contributed by atoms with Crippen LogP contribution in [-0.4, -0.2) is 19.2 Å². The third-order valence-electron chi connectivity index (χ3n) is 2.70. The molecule has 2 rings (SSSR count). The molecule has 0 saturated carbocycles. The molecular weight excluding hydrogens is 228 g/mol. The highest BCUT2D eigenvalue weighted by Crippen LogP contribution is 2.27. The number of ether oxygens (including phenoxy) is 2. The third-order valence-corrected chi connectivity index (χ3v) is 2.70. The van der Waals surface area contributed by atoms with Crippen molar-refractivity contribution in [2.24, 2.45) is 0 Å². The Morgan fingerprint density at radius 2 is 1.78 bits per heavy atom. The molecule has 0 fully saturated rings. The first-order valence-corrected chi connectivity index (χ1v) is 5.66. The predicted octanol–water partition coefficient (Wildman–Crippen LogP) is 3.15. The summed E-state index contributed by atoms with van der Waals surface area (Å²) in [5, 5.41) is 3.25. The minimum Gasteiger partial charge on any atom is -0.496 e. The van der Waals surface area contributed by atoms with Crippen LogP contribution in [-0.2, 0) is 0 Å². The zero-order chi connectivity index (χ0) is 13.0. The zero-order valence-corrected chi connectivity index (χ0v) is 10.7. The number of methoxy groups -OCH3 is 2. The summed E-state index contributed by atoms with van der Waals surface area (Å²) in [6.45, 7) is 2.00. The second-order valence-electron chi connectivity index (χ2n) is 3.82. The summed E-state index contributed by atoms with van der Waals surface area (Å²) in [5.74, 6) is 2.18. The standard InChI is InChI=1S/C14H16N2O2/c1-10-11(6-4-7-12(10)17-2)15-13-8-5-9-14(16-13)18-3/h4-9H,1-3H3,(H,15,16). The van der Waals surface area contributed by atoms with E-state index in [1.165, 1.54) is 0 Å². The normalized spacial score (nSPS) is 9.94. The molecule has 0 unspecified atom stereocenters. The molecule has 2 aromatic rings. The molecule has 94 valence electrons. The number of rotatable bonds is 4. The van der Waals surface area contributed by atoms with Crippen molar-refractivity contribution in [2.45, 2.75) is 6.92 Å². The van der Waals surface area contributed by atoms with Crippen LogP contribution in [0.3, 0.4) is 0 Å². The van der Waals surface area contributed by atoms with Gasteiger partial charge in [0.2, 0.25) is 5.88 Å². The Kier molecular flexibility index (Phi) is 3.67. The fourth-order valence-electron chi connectivity index (χ4n) is 1.71. The van der Waals surface area contributed by atoms with E-state index in [1.807, 2.05) is 43.3 Å². The maximum Gasteiger partial charge on any atom is 0.214 e. The first-order valence-electron chi connectivity index (χ1n) is 5.66. The first kappa shape index (κ1) is 12.2. The quantitative estimate of drug-likeness (QED) is 0.897. The van der Waals surface area contributed by atoms with Gasteiger partial charge >= 0.3 is 0 Å². The van der Waals surface area contributed by atoms with Crippen molar-refractivity contribution in [3.8, 4) is 11.6 Å². The van der Waals surface area contributed by atoms with Crippen molar-refractivity contribution in [3.63, 3.8) is 0 Å². The summed E-state index contributed by atoms with van der Waals surface area (Å²) in [7, 11) is 3.26. The molecule has 0 amide bonds. The highest BCUT2D eigenvalue weighted by molar-refractivity contribution is 5.63. The average molecular weight is 244 g/mol. The van der Waals surface area contributed by atoms with Crippen LogP contribution in [0.25, 0.3) is 0 Å². The maximum atomic E-state index is 5.28. The molecule has 18 heavy (non-hydrogen) atoms. The molecule has 0 aliphatic carbocycles. The highest BCUT2D eigenvalue weighted by Gasteiger charge is 2.05. The summed E-state index contributed by atoms with van der Waals surface area (Å²) >= 11 is 0. The van der Waals surface area contributed by atoms with Gasteiger partial charge in [-0.2, -0.15) is 4.98 Å². The summed E-state index contributed by atoms with van der Waals surface area (Å²) in [6, 6.07) is 11.4. The fraction of sp³-hybridized carbons (Fsp3) is 0.214. The van der Waals surface area contributed by atoms with E-state index in [0.717, 1.165) is 22.8 Å². The van der Waals surface area contributed by atoms with Gasteiger partial charge in [-0.3, -0.25) is 0 Å². The lowest BCUT2D eigenvalue weighted by molar-refractivity contribution is 0.398. The van der Waals surface area contributed by atoms with Crippen LogP contribution in [0, 0.1) is 6.92 Å². The van der Waals surface area contributed by atoms with Gasteiger partial charge in [-0.25, -0.2) is 0 Å². The largest absolute Gasteiger partial charge is 0.496 e. The number of hydrogen-bond acceptors (Lipinski definition) is 4. The van der Waals surface area contributed by atoms with E-state index in [4.69, 9.17) is 9.47 Å². The van der Waals surface area contributed by atoms with E-state index in [2.05, 4.69) is 10.3 Å². The van der Waals surface area contributed by atoms with Crippen molar-refractivity contribution >= 4 is 11.5 Å². The molecule has 0 aliphatic rings. The van der Waals surface area contributed by atoms with Crippen LogP contribution in [0.5, 0.6) is 11.6 Å². The average Bonchev–Trinajstić information content (AvgIpc) is 2.41. The Bertz CT molecular complexity index is 541. The first-order chi connectivity index (χ1) is 8.74. The van der Waals surface area contributed by atoms with Gasteiger partial charge < -0.3 is 14.8 Å². The molecule has 0 atom stereocenters. The third kappa shape index (κ3) is 2.53. The van der Waals surface area contributed by atoms with Gasteiger partial charge in [0.25, 0.3) is 0 Å². The van der Waals surface area contributed by atoms with Gasteiger partial charge in [0.05, 0.1) is 14.2 Å². The summed E-state index contributed by atoms with van der Waals surface area (Å²) in [5.41, 5.74) is 2.01. The lowest BCUT2D eigenvalue weighted by Crippen LogP contribution is -1.98. The van der Waals surface area contributed by atoms with Crippen molar-refractivity contribution < 1.29 is 9.47 Å². The Hall–Kier alpha value is -2.23. The smallest absolute Gasteiger partial charge is 0.214 e. The summed E-state index contributed by atoms with van der Waals surface area (Å²) < 4.78 is 10.4. The van der Waals surface area contributed by atoms with Gasteiger partial charge in [-0.15, -0.1) is 0 Å². The van der Waals surface area contributed by atoms with Gasteiger partial charge in [0, 0.05) is 17.3 Å². The Morgan fingerprint density at radius 1 is 1.00 bits per heavy atom. The number of pyridine rings is 1. The number of nitrogens with zero attached hydrogens (tertiary/aromatic N) is 1. The monoisotopic (exact) mass is 244 g/mol. The number of anilines is 2. The van der Waals surface area contributed by atoms with Gasteiger partial charge in [-0.1, -0.05) is 12.1 Å². The lowest BCUT2D eigenvalue weighted by atomic mass is 10.2. The number of benzene rings is 1. The number of hydrogen-bond donors (Lipinski definition) is 1. The summed E-state index contributed by atoms with van der Waals surface area (Å²) in [4.78, 5) is 4.31. The molecule has 4 heteroatoms.